The lowest BCUT2D eigenvalue weighted by molar-refractivity contribution is -0.118. The van der Waals surface area contributed by atoms with E-state index >= 15 is 0 Å². The molecule has 0 amide bonds. The zero-order chi connectivity index (χ0) is 13.8. The summed E-state index contributed by atoms with van der Waals surface area (Å²) in [6.07, 6.45) is 1.59. The molecule has 0 aromatic carbocycles. The van der Waals surface area contributed by atoms with Crippen LogP contribution < -0.4 is 0 Å². The van der Waals surface area contributed by atoms with Crippen molar-refractivity contribution in [3.05, 3.63) is 29.4 Å². The van der Waals surface area contributed by atoms with E-state index in [4.69, 9.17) is 4.52 Å². The average Bonchev–Trinajstić information content (AvgIpc) is 2.76. The number of hydrogen-bond donors (Lipinski definition) is 0. The van der Waals surface area contributed by atoms with Crippen molar-refractivity contribution in [2.24, 2.45) is 0 Å². The van der Waals surface area contributed by atoms with Gasteiger partial charge in [0, 0.05) is 23.4 Å². The van der Waals surface area contributed by atoms with Crippen LogP contribution in [0.5, 0.6) is 0 Å². The molecule has 0 atom stereocenters. The molecule has 0 unspecified atom stereocenters. The number of carbonyl (C=O) groups is 1. The minimum absolute atomic E-state index is 0.125. The number of carbonyl (C=O) groups excluding carboxylic acids is 1. The second-order valence-corrected chi connectivity index (χ2v) is 4.62. The van der Waals surface area contributed by atoms with Gasteiger partial charge in [0.25, 0.3) is 0 Å². The van der Waals surface area contributed by atoms with Crippen molar-refractivity contribution in [1.29, 1.82) is 0 Å². The van der Waals surface area contributed by atoms with E-state index < -0.39 is 0 Å². The summed E-state index contributed by atoms with van der Waals surface area (Å²) in [4.78, 5) is 20.1. The van der Waals surface area contributed by atoms with Gasteiger partial charge in [0.1, 0.15) is 5.78 Å². The first-order chi connectivity index (χ1) is 9.08. The minimum atomic E-state index is 0.125. The quantitative estimate of drug-likeness (QED) is 0.825. The molecule has 19 heavy (non-hydrogen) atoms. The number of ketones is 1. The monoisotopic (exact) mass is 259 g/mol. The predicted molar refractivity (Wildman–Crippen MR) is 70.6 cm³/mol. The molecule has 0 N–H and O–H groups in total. The predicted octanol–water partition coefficient (Wildman–Crippen LogP) is 2.66. The molecule has 5 heteroatoms. The lowest BCUT2D eigenvalue weighted by Gasteiger charge is -1.98. The van der Waals surface area contributed by atoms with E-state index in [1.54, 1.807) is 0 Å². The van der Waals surface area contributed by atoms with Crippen molar-refractivity contribution in [3.63, 3.8) is 0 Å². The molecule has 0 radical (unpaired) electrons. The molecule has 0 saturated carbocycles. The maximum Gasteiger partial charge on any atom is 0.234 e. The fourth-order valence-corrected chi connectivity index (χ4v) is 1.94. The summed E-state index contributed by atoms with van der Waals surface area (Å²) >= 11 is 0. The smallest absolute Gasteiger partial charge is 0.234 e. The van der Waals surface area contributed by atoms with Crippen LogP contribution in [-0.4, -0.2) is 20.9 Å². The van der Waals surface area contributed by atoms with Crippen LogP contribution in [0.15, 0.2) is 16.7 Å². The molecule has 2 aromatic rings. The van der Waals surface area contributed by atoms with Gasteiger partial charge in [-0.05, 0) is 32.4 Å². The highest BCUT2D eigenvalue weighted by atomic mass is 16.5. The summed E-state index contributed by atoms with van der Waals surface area (Å²) in [6, 6.07) is 3.80. The first-order valence-corrected chi connectivity index (χ1v) is 6.38. The number of hydrogen-bond acceptors (Lipinski definition) is 5. The van der Waals surface area contributed by atoms with E-state index in [2.05, 4.69) is 15.1 Å². The molecule has 0 aliphatic rings. The zero-order valence-electron chi connectivity index (χ0n) is 11.4. The molecule has 0 spiro atoms. The summed E-state index contributed by atoms with van der Waals surface area (Å²) in [5.74, 6) is 1.01. The van der Waals surface area contributed by atoms with Gasteiger partial charge in [-0.25, -0.2) is 0 Å². The van der Waals surface area contributed by atoms with Gasteiger partial charge >= 0.3 is 0 Å². The number of rotatable bonds is 5. The molecule has 0 bridgehead atoms. The molecular weight excluding hydrogens is 242 g/mol. The number of pyridine rings is 1. The van der Waals surface area contributed by atoms with Crippen LogP contribution in [0.25, 0.3) is 11.4 Å². The summed E-state index contributed by atoms with van der Waals surface area (Å²) < 4.78 is 5.11. The van der Waals surface area contributed by atoms with Gasteiger partial charge in [-0.1, -0.05) is 12.1 Å². The first kappa shape index (κ1) is 13.4. The van der Waals surface area contributed by atoms with Crippen LogP contribution in [0.3, 0.4) is 0 Å². The third kappa shape index (κ3) is 3.47. The maximum atomic E-state index is 11.5. The summed E-state index contributed by atoms with van der Waals surface area (Å²) in [7, 11) is 0. The van der Waals surface area contributed by atoms with Gasteiger partial charge in [-0.15, -0.1) is 0 Å². The Balaban J connectivity index is 2.18. The van der Waals surface area contributed by atoms with Crippen molar-refractivity contribution in [1.82, 2.24) is 15.1 Å². The van der Waals surface area contributed by atoms with Crippen molar-refractivity contribution in [2.75, 3.05) is 0 Å². The normalized spacial score (nSPS) is 10.7. The third-order valence-electron chi connectivity index (χ3n) is 2.69. The highest BCUT2D eigenvalue weighted by molar-refractivity contribution is 5.79. The van der Waals surface area contributed by atoms with Gasteiger partial charge < -0.3 is 4.52 Å². The third-order valence-corrected chi connectivity index (χ3v) is 2.69. The molecular formula is C14H17N3O2. The van der Waals surface area contributed by atoms with Crippen LogP contribution in [0, 0.1) is 13.8 Å². The Morgan fingerprint density at radius 3 is 2.53 bits per heavy atom. The molecule has 2 aromatic heterocycles. The largest absolute Gasteiger partial charge is 0.339 e. The van der Waals surface area contributed by atoms with Gasteiger partial charge in [-0.2, -0.15) is 4.98 Å². The standard InChI is InChI=1S/C14H17N3O2/c1-4-5-12(18)8-13-16-14(17-19-13)11-6-9(2)15-10(3)7-11/h6-7H,4-5,8H2,1-3H3. The molecule has 100 valence electrons. The molecule has 2 rings (SSSR count). The number of aryl methyl sites for hydroxylation is 2. The Morgan fingerprint density at radius 2 is 1.89 bits per heavy atom. The molecule has 5 nitrogen and oxygen atoms in total. The van der Waals surface area contributed by atoms with Crippen molar-refractivity contribution in [2.45, 2.75) is 40.0 Å². The van der Waals surface area contributed by atoms with Crippen molar-refractivity contribution in [3.8, 4) is 11.4 Å². The summed E-state index contributed by atoms with van der Waals surface area (Å²) in [6.45, 7) is 5.81. The zero-order valence-corrected chi connectivity index (χ0v) is 11.4. The topological polar surface area (TPSA) is 68.9 Å². The van der Waals surface area contributed by atoms with E-state index in [-0.39, 0.29) is 12.2 Å². The van der Waals surface area contributed by atoms with Crippen molar-refractivity contribution >= 4 is 5.78 Å². The molecule has 0 saturated heterocycles. The Bertz CT molecular complexity index is 570. The second-order valence-electron chi connectivity index (χ2n) is 4.62. The Kier molecular flexibility index (Phi) is 4.04. The summed E-state index contributed by atoms with van der Waals surface area (Å²) in [5.41, 5.74) is 2.68. The number of nitrogens with zero attached hydrogens (tertiary/aromatic N) is 3. The van der Waals surface area contributed by atoms with E-state index in [9.17, 15) is 4.79 Å². The Morgan fingerprint density at radius 1 is 1.21 bits per heavy atom. The van der Waals surface area contributed by atoms with Gasteiger partial charge in [0.05, 0.1) is 6.42 Å². The van der Waals surface area contributed by atoms with Crippen LogP contribution in [0.4, 0.5) is 0 Å². The van der Waals surface area contributed by atoms with Crippen LogP contribution >= 0.6 is 0 Å². The van der Waals surface area contributed by atoms with Crippen molar-refractivity contribution < 1.29 is 9.32 Å². The van der Waals surface area contributed by atoms with Crippen LogP contribution in [-0.2, 0) is 11.2 Å². The Hall–Kier alpha value is -2.04. The SMILES string of the molecule is CCCC(=O)Cc1nc(-c2cc(C)nc(C)c2)no1. The fraction of sp³-hybridized carbons (Fsp3) is 0.429. The van der Waals surface area contributed by atoms with Crippen LogP contribution in [0.2, 0.25) is 0 Å². The second kappa shape index (κ2) is 5.73. The first-order valence-electron chi connectivity index (χ1n) is 6.38. The molecule has 0 aliphatic carbocycles. The number of Topliss-reactive ketones (excluding diaryl/α,β-unsaturated/α-hetero) is 1. The van der Waals surface area contributed by atoms with Gasteiger partial charge in [0.2, 0.25) is 11.7 Å². The molecule has 0 aliphatic heterocycles. The highest BCUT2D eigenvalue weighted by Gasteiger charge is 2.12. The number of aromatic nitrogens is 3. The lowest BCUT2D eigenvalue weighted by Crippen LogP contribution is -2.01. The van der Waals surface area contributed by atoms with E-state index in [0.29, 0.717) is 18.1 Å². The van der Waals surface area contributed by atoms with Crippen LogP contribution in [0.1, 0.15) is 37.0 Å². The molecule has 2 heterocycles. The average molecular weight is 259 g/mol. The minimum Gasteiger partial charge on any atom is -0.339 e. The fourth-order valence-electron chi connectivity index (χ4n) is 1.94. The summed E-state index contributed by atoms with van der Waals surface area (Å²) in [5, 5.41) is 3.92. The van der Waals surface area contributed by atoms with Gasteiger partial charge in [0.15, 0.2) is 0 Å². The van der Waals surface area contributed by atoms with Gasteiger partial charge in [-0.3, -0.25) is 9.78 Å². The lowest BCUT2D eigenvalue weighted by atomic mass is 10.2. The Labute approximate surface area is 112 Å². The maximum absolute atomic E-state index is 11.5. The molecule has 0 fully saturated rings. The highest BCUT2D eigenvalue weighted by Crippen LogP contribution is 2.18. The van der Waals surface area contributed by atoms with E-state index in [0.717, 1.165) is 23.4 Å². The van der Waals surface area contributed by atoms with E-state index in [1.165, 1.54) is 0 Å². The van der Waals surface area contributed by atoms with E-state index in [1.807, 2.05) is 32.9 Å².